The topological polar surface area (TPSA) is 93.2 Å². The van der Waals surface area contributed by atoms with Crippen LogP contribution in [0.2, 0.25) is 0 Å². The van der Waals surface area contributed by atoms with Crippen molar-refractivity contribution in [2.24, 2.45) is 0 Å². The number of nitrogens with zero attached hydrogens (tertiary/aromatic N) is 2. The van der Waals surface area contributed by atoms with Gasteiger partial charge >= 0.3 is 12.2 Å². The fourth-order valence-electron chi connectivity index (χ4n) is 2.64. The highest BCUT2D eigenvalue weighted by molar-refractivity contribution is 5.85. The van der Waals surface area contributed by atoms with E-state index in [1.54, 1.807) is 0 Å². The number of hydrogen-bond donors (Lipinski definition) is 0. The van der Waals surface area contributed by atoms with E-state index in [4.69, 9.17) is 9.47 Å². The largest absolute Gasteiger partial charge is 0.444 e. The highest BCUT2D eigenvalue weighted by Gasteiger charge is 2.27. The summed E-state index contributed by atoms with van der Waals surface area (Å²) in [5, 5.41) is 0. The molecule has 8 heteroatoms. The molecular weight excluding hydrogens is 364 g/mol. The summed E-state index contributed by atoms with van der Waals surface area (Å²) in [6.45, 7) is 12.6. The Hall–Kier alpha value is -2.12. The lowest BCUT2D eigenvalue weighted by Crippen LogP contribution is -2.43. The zero-order valence-corrected chi connectivity index (χ0v) is 18.0. The number of hydrogen-bond acceptors (Lipinski definition) is 6. The van der Waals surface area contributed by atoms with Gasteiger partial charge in [-0.05, 0) is 54.4 Å². The molecule has 0 atom stereocenters. The number of carbonyl (C=O) groups is 4. The molecule has 0 aromatic rings. The molecule has 0 bridgehead atoms. The summed E-state index contributed by atoms with van der Waals surface area (Å²) in [6.07, 6.45) is 1.89. The van der Waals surface area contributed by atoms with E-state index in [1.165, 1.54) is 9.80 Å². The van der Waals surface area contributed by atoms with Gasteiger partial charge in [0.25, 0.3) is 0 Å². The Morgan fingerprint density at radius 1 is 0.714 bits per heavy atom. The second-order valence-corrected chi connectivity index (χ2v) is 9.09. The summed E-state index contributed by atoms with van der Waals surface area (Å²) in [5.74, 6) is 0.226. The second-order valence-electron chi connectivity index (χ2n) is 9.09. The zero-order chi connectivity index (χ0) is 21.5. The molecule has 2 aliphatic rings. The van der Waals surface area contributed by atoms with Crippen molar-refractivity contribution in [3.63, 3.8) is 0 Å². The van der Waals surface area contributed by atoms with Crippen LogP contribution in [0.1, 0.15) is 67.2 Å². The smallest absolute Gasteiger partial charge is 0.410 e. The molecule has 160 valence electrons. The third-order valence-corrected chi connectivity index (χ3v) is 3.81. The molecule has 0 N–H and O–H groups in total. The molecular formula is C20H34N2O6. The number of ketones is 2. The summed E-state index contributed by atoms with van der Waals surface area (Å²) in [6, 6.07) is 0. The SMILES string of the molecule is CC(C)(C)OC(=O)N1CCCC(=O)C1.CC(C)(C)OC(=O)N1CCCC(=O)C1. The van der Waals surface area contributed by atoms with Crippen molar-refractivity contribution in [3.05, 3.63) is 0 Å². The van der Waals surface area contributed by atoms with E-state index < -0.39 is 11.2 Å². The number of piperidine rings is 2. The van der Waals surface area contributed by atoms with Crippen LogP contribution < -0.4 is 0 Å². The predicted octanol–water partition coefficient (Wildman–Crippen LogP) is 3.17. The van der Waals surface area contributed by atoms with Gasteiger partial charge in [0.1, 0.15) is 11.2 Å². The van der Waals surface area contributed by atoms with Gasteiger partial charge in [-0.15, -0.1) is 0 Å². The molecule has 0 aliphatic carbocycles. The first-order valence-corrected chi connectivity index (χ1v) is 9.76. The average molecular weight is 399 g/mol. The number of amides is 2. The van der Waals surface area contributed by atoms with Crippen molar-refractivity contribution in [2.45, 2.75) is 78.4 Å². The van der Waals surface area contributed by atoms with Crippen LogP contribution in [0.15, 0.2) is 0 Å². The van der Waals surface area contributed by atoms with Crippen LogP contribution in [0, 0.1) is 0 Å². The molecule has 0 radical (unpaired) electrons. The van der Waals surface area contributed by atoms with Gasteiger partial charge in [-0.2, -0.15) is 0 Å². The molecule has 0 aromatic carbocycles. The standard InChI is InChI=1S/2C10H17NO3/c2*1-10(2,3)14-9(13)11-6-4-5-8(12)7-11/h2*4-7H2,1-3H3. The van der Waals surface area contributed by atoms with Gasteiger partial charge in [-0.3, -0.25) is 9.59 Å². The van der Waals surface area contributed by atoms with Crippen LogP contribution in [0.25, 0.3) is 0 Å². The van der Waals surface area contributed by atoms with Gasteiger partial charge in [-0.1, -0.05) is 0 Å². The van der Waals surface area contributed by atoms with Gasteiger partial charge in [0.2, 0.25) is 0 Å². The minimum absolute atomic E-state index is 0.113. The third-order valence-electron chi connectivity index (χ3n) is 3.81. The quantitative estimate of drug-likeness (QED) is 0.622. The van der Waals surface area contributed by atoms with Gasteiger partial charge in [0, 0.05) is 25.9 Å². The lowest BCUT2D eigenvalue weighted by Gasteiger charge is -2.29. The molecule has 0 saturated carbocycles. The molecule has 2 amide bonds. The summed E-state index contributed by atoms with van der Waals surface area (Å²) in [7, 11) is 0. The Balaban J connectivity index is 0.000000280. The Bertz CT molecular complexity index is 536. The van der Waals surface area contributed by atoms with Crippen LogP contribution in [0.4, 0.5) is 9.59 Å². The Labute approximate surface area is 167 Å². The Morgan fingerprint density at radius 2 is 1.04 bits per heavy atom. The fraction of sp³-hybridized carbons (Fsp3) is 0.800. The number of carbonyl (C=O) groups excluding carboxylic acids is 4. The van der Waals surface area contributed by atoms with Crippen LogP contribution in [-0.4, -0.2) is 70.9 Å². The Kier molecular flexibility index (Phi) is 8.45. The highest BCUT2D eigenvalue weighted by atomic mass is 16.6. The van der Waals surface area contributed by atoms with E-state index in [2.05, 4.69) is 0 Å². The Morgan fingerprint density at radius 3 is 1.29 bits per heavy atom. The van der Waals surface area contributed by atoms with Crippen molar-refractivity contribution in [1.82, 2.24) is 9.80 Å². The minimum Gasteiger partial charge on any atom is -0.444 e. The molecule has 2 rings (SSSR count). The molecule has 2 fully saturated rings. The lowest BCUT2D eigenvalue weighted by molar-refractivity contribution is -0.122. The maximum Gasteiger partial charge on any atom is 0.410 e. The van der Waals surface area contributed by atoms with Crippen molar-refractivity contribution in [2.75, 3.05) is 26.2 Å². The molecule has 2 saturated heterocycles. The third kappa shape index (κ3) is 9.71. The first-order chi connectivity index (χ1) is 12.8. The van der Waals surface area contributed by atoms with E-state index in [1.807, 2.05) is 41.5 Å². The molecule has 0 spiro atoms. The van der Waals surface area contributed by atoms with E-state index >= 15 is 0 Å². The van der Waals surface area contributed by atoms with Gasteiger partial charge in [0.05, 0.1) is 13.1 Å². The number of Topliss-reactive ketones (excluding diaryl/α,β-unsaturated/α-hetero) is 2. The fourth-order valence-corrected chi connectivity index (χ4v) is 2.64. The van der Waals surface area contributed by atoms with Crippen molar-refractivity contribution in [1.29, 1.82) is 0 Å². The monoisotopic (exact) mass is 398 g/mol. The first-order valence-electron chi connectivity index (χ1n) is 9.76. The second kappa shape index (κ2) is 9.89. The summed E-state index contributed by atoms with van der Waals surface area (Å²) in [5.41, 5.74) is -0.977. The minimum atomic E-state index is -0.489. The molecule has 0 aromatic heterocycles. The van der Waals surface area contributed by atoms with Crippen LogP contribution in [0.5, 0.6) is 0 Å². The van der Waals surface area contributed by atoms with E-state index in [-0.39, 0.29) is 36.8 Å². The predicted molar refractivity (Wildman–Crippen MR) is 104 cm³/mol. The maximum absolute atomic E-state index is 11.5. The number of likely N-dealkylation sites (tertiary alicyclic amines) is 2. The number of rotatable bonds is 0. The van der Waals surface area contributed by atoms with Gasteiger partial charge in [-0.25, -0.2) is 9.59 Å². The van der Waals surface area contributed by atoms with Crippen molar-refractivity contribution < 1.29 is 28.7 Å². The maximum atomic E-state index is 11.5. The highest BCUT2D eigenvalue weighted by Crippen LogP contribution is 2.14. The van der Waals surface area contributed by atoms with Crippen LogP contribution in [-0.2, 0) is 19.1 Å². The zero-order valence-electron chi connectivity index (χ0n) is 18.0. The molecule has 28 heavy (non-hydrogen) atoms. The van der Waals surface area contributed by atoms with E-state index in [0.717, 1.165) is 12.8 Å². The van der Waals surface area contributed by atoms with Crippen LogP contribution >= 0.6 is 0 Å². The molecule has 2 aliphatic heterocycles. The van der Waals surface area contributed by atoms with Crippen molar-refractivity contribution in [3.8, 4) is 0 Å². The van der Waals surface area contributed by atoms with Crippen molar-refractivity contribution >= 4 is 23.8 Å². The van der Waals surface area contributed by atoms with E-state index in [0.29, 0.717) is 25.9 Å². The van der Waals surface area contributed by atoms with Gasteiger partial charge < -0.3 is 19.3 Å². The lowest BCUT2D eigenvalue weighted by atomic mass is 10.1. The molecule has 2 heterocycles. The summed E-state index contributed by atoms with van der Waals surface area (Å²) in [4.78, 5) is 48.1. The normalized spacial score (nSPS) is 18.2. The molecule has 8 nitrogen and oxygen atoms in total. The van der Waals surface area contributed by atoms with Gasteiger partial charge in [0.15, 0.2) is 11.6 Å². The first kappa shape index (κ1) is 23.9. The number of ether oxygens (including phenoxy) is 2. The molecule has 0 unspecified atom stereocenters. The van der Waals surface area contributed by atoms with Crippen LogP contribution in [0.3, 0.4) is 0 Å². The average Bonchev–Trinajstić information content (AvgIpc) is 2.52. The van der Waals surface area contributed by atoms with E-state index in [9.17, 15) is 19.2 Å². The summed E-state index contributed by atoms with van der Waals surface area (Å²) < 4.78 is 10.3. The summed E-state index contributed by atoms with van der Waals surface area (Å²) >= 11 is 0.